The molecule has 0 spiro atoms. The van der Waals surface area contributed by atoms with Gasteiger partial charge in [-0.25, -0.2) is 4.98 Å². The molecule has 0 amide bonds. The predicted molar refractivity (Wildman–Crippen MR) is 88.8 cm³/mol. The Hall–Kier alpha value is -0.610. The molecule has 1 N–H and O–H groups in total. The molecule has 1 heterocycles. The highest BCUT2D eigenvalue weighted by molar-refractivity contribution is 7.15. The minimum atomic E-state index is 0.527. The first-order valence-corrected chi connectivity index (χ1v) is 8.84. The number of rotatable bonds is 8. The van der Waals surface area contributed by atoms with Gasteiger partial charge in [0.05, 0.1) is 5.69 Å². The fourth-order valence-corrected chi connectivity index (χ4v) is 3.64. The molecular formula is C16H29N3S. The van der Waals surface area contributed by atoms with Gasteiger partial charge in [-0.2, -0.15) is 0 Å². The first-order chi connectivity index (χ1) is 9.52. The second-order valence-electron chi connectivity index (χ2n) is 6.40. The quantitative estimate of drug-likeness (QED) is 0.781. The molecule has 1 aromatic rings. The Morgan fingerprint density at radius 1 is 1.30 bits per heavy atom. The molecule has 1 aliphatic rings. The SMILES string of the molecule is CCCN(c1nc(C2CC2)c(CNC(C)C)s1)C(C)C. The summed E-state index contributed by atoms with van der Waals surface area (Å²) >= 11 is 1.90. The second kappa shape index (κ2) is 6.90. The molecule has 0 aliphatic heterocycles. The van der Waals surface area contributed by atoms with E-state index in [0.717, 1.165) is 19.0 Å². The number of hydrogen-bond donors (Lipinski definition) is 1. The van der Waals surface area contributed by atoms with Gasteiger partial charge in [-0.15, -0.1) is 11.3 Å². The van der Waals surface area contributed by atoms with Crippen LogP contribution in [0, 0.1) is 0 Å². The van der Waals surface area contributed by atoms with E-state index in [1.54, 1.807) is 0 Å². The summed E-state index contributed by atoms with van der Waals surface area (Å²) in [5.74, 6) is 0.736. The summed E-state index contributed by atoms with van der Waals surface area (Å²) in [6.45, 7) is 13.3. The monoisotopic (exact) mass is 295 g/mol. The normalized spacial score (nSPS) is 15.3. The Kier molecular flexibility index (Phi) is 5.44. The maximum absolute atomic E-state index is 4.99. The van der Waals surface area contributed by atoms with E-state index in [9.17, 15) is 0 Å². The Morgan fingerprint density at radius 2 is 2.00 bits per heavy atom. The zero-order chi connectivity index (χ0) is 14.7. The van der Waals surface area contributed by atoms with Crippen molar-refractivity contribution in [1.29, 1.82) is 0 Å². The Morgan fingerprint density at radius 3 is 2.50 bits per heavy atom. The van der Waals surface area contributed by atoms with Gasteiger partial charge in [-0.3, -0.25) is 0 Å². The molecule has 2 rings (SSSR count). The average Bonchev–Trinajstić information content (AvgIpc) is 3.14. The lowest BCUT2D eigenvalue weighted by molar-refractivity contribution is 0.590. The zero-order valence-electron chi connectivity index (χ0n) is 13.6. The van der Waals surface area contributed by atoms with Crippen LogP contribution in [0.5, 0.6) is 0 Å². The van der Waals surface area contributed by atoms with Crippen LogP contribution in [0.4, 0.5) is 5.13 Å². The van der Waals surface area contributed by atoms with Crippen LogP contribution in [0.25, 0.3) is 0 Å². The molecule has 0 radical (unpaired) electrons. The molecule has 1 fully saturated rings. The Bertz CT molecular complexity index is 421. The lowest BCUT2D eigenvalue weighted by Crippen LogP contribution is -2.31. The first kappa shape index (κ1) is 15.8. The highest BCUT2D eigenvalue weighted by Gasteiger charge is 2.30. The summed E-state index contributed by atoms with van der Waals surface area (Å²) < 4.78 is 0. The van der Waals surface area contributed by atoms with Gasteiger partial charge in [0.15, 0.2) is 5.13 Å². The van der Waals surface area contributed by atoms with Gasteiger partial charge < -0.3 is 10.2 Å². The van der Waals surface area contributed by atoms with Crippen LogP contribution in [0.3, 0.4) is 0 Å². The minimum absolute atomic E-state index is 0.527. The second-order valence-corrected chi connectivity index (χ2v) is 7.46. The third kappa shape index (κ3) is 3.95. The number of anilines is 1. The number of aromatic nitrogens is 1. The van der Waals surface area contributed by atoms with E-state index in [1.807, 2.05) is 11.3 Å². The topological polar surface area (TPSA) is 28.2 Å². The number of nitrogens with zero attached hydrogens (tertiary/aromatic N) is 2. The van der Waals surface area contributed by atoms with Crippen molar-refractivity contribution in [3.8, 4) is 0 Å². The fourth-order valence-electron chi connectivity index (χ4n) is 2.39. The molecule has 0 unspecified atom stereocenters. The summed E-state index contributed by atoms with van der Waals surface area (Å²) in [6, 6.07) is 1.06. The molecule has 114 valence electrons. The summed E-state index contributed by atoms with van der Waals surface area (Å²) in [7, 11) is 0. The predicted octanol–water partition coefficient (Wildman–Crippen LogP) is 4.14. The van der Waals surface area contributed by atoms with Gasteiger partial charge in [0.2, 0.25) is 0 Å². The van der Waals surface area contributed by atoms with Crippen molar-refractivity contribution < 1.29 is 0 Å². The van der Waals surface area contributed by atoms with E-state index in [-0.39, 0.29) is 0 Å². The van der Waals surface area contributed by atoms with Crippen molar-refractivity contribution in [2.45, 2.75) is 78.4 Å². The van der Waals surface area contributed by atoms with Gasteiger partial charge >= 0.3 is 0 Å². The number of thiazole rings is 1. The van der Waals surface area contributed by atoms with Crippen LogP contribution in [0.15, 0.2) is 0 Å². The molecule has 1 saturated carbocycles. The molecule has 0 atom stereocenters. The van der Waals surface area contributed by atoms with Crippen LogP contribution in [0.1, 0.15) is 70.4 Å². The molecule has 1 aromatic heterocycles. The first-order valence-electron chi connectivity index (χ1n) is 8.02. The maximum atomic E-state index is 4.99. The van der Waals surface area contributed by atoms with Crippen LogP contribution < -0.4 is 10.2 Å². The van der Waals surface area contributed by atoms with Crippen LogP contribution >= 0.6 is 11.3 Å². The van der Waals surface area contributed by atoms with Crippen molar-refractivity contribution in [2.24, 2.45) is 0 Å². The minimum Gasteiger partial charge on any atom is -0.346 e. The third-order valence-electron chi connectivity index (χ3n) is 3.68. The van der Waals surface area contributed by atoms with Crippen molar-refractivity contribution in [3.05, 3.63) is 10.6 Å². The van der Waals surface area contributed by atoms with Gasteiger partial charge in [0.25, 0.3) is 0 Å². The highest BCUT2D eigenvalue weighted by atomic mass is 32.1. The molecular weight excluding hydrogens is 266 g/mol. The van der Waals surface area contributed by atoms with E-state index in [4.69, 9.17) is 4.98 Å². The summed E-state index contributed by atoms with van der Waals surface area (Å²) in [5.41, 5.74) is 1.37. The van der Waals surface area contributed by atoms with Crippen molar-refractivity contribution >= 4 is 16.5 Å². The lowest BCUT2D eigenvalue weighted by Gasteiger charge is -2.25. The van der Waals surface area contributed by atoms with Crippen LogP contribution in [0.2, 0.25) is 0 Å². The standard InChI is InChI=1S/C16H29N3S/c1-6-9-19(12(4)5)16-18-15(13-7-8-13)14(20-16)10-17-11(2)3/h11-13,17H,6-10H2,1-5H3. The fraction of sp³-hybridized carbons (Fsp3) is 0.812. The maximum Gasteiger partial charge on any atom is 0.186 e. The van der Waals surface area contributed by atoms with E-state index in [1.165, 1.54) is 35.0 Å². The van der Waals surface area contributed by atoms with Gasteiger partial charge in [0, 0.05) is 36.0 Å². The Balaban J connectivity index is 2.18. The molecule has 0 saturated heterocycles. The van der Waals surface area contributed by atoms with Gasteiger partial charge in [-0.1, -0.05) is 20.8 Å². The zero-order valence-corrected chi connectivity index (χ0v) is 14.4. The molecule has 0 bridgehead atoms. The molecule has 0 aromatic carbocycles. The Labute approximate surface area is 127 Å². The van der Waals surface area contributed by atoms with E-state index in [2.05, 4.69) is 44.8 Å². The van der Waals surface area contributed by atoms with E-state index >= 15 is 0 Å². The van der Waals surface area contributed by atoms with E-state index < -0.39 is 0 Å². The average molecular weight is 295 g/mol. The third-order valence-corrected chi connectivity index (χ3v) is 4.79. The smallest absolute Gasteiger partial charge is 0.186 e. The summed E-state index contributed by atoms with van der Waals surface area (Å²) in [6.07, 6.45) is 3.83. The van der Waals surface area contributed by atoms with Crippen LogP contribution in [-0.2, 0) is 6.54 Å². The molecule has 1 aliphatic carbocycles. The van der Waals surface area contributed by atoms with Gasteiger partial charge in [-0.05, 0) is 33.1 Å². The molecule has 4 heteroatoms. The number of nitrogens with one attached hydrogen (secondary N) is 1. The molecule has 3 nitrogen and oxygen atoms in total. The molecule has 20 heavy (non-hydrogen) atoms. The van der Waals surface area contributed by atoms with E-state index in [0.29, 0.717) is 12.1 Å². The number of hydrogen-bond acceptors (Lipinski definition) is 4. The van der Waals surface area contributed by atoms with Crippen molar-refractivity contribution in [2.75, 3.05) is 11.4 Å². The van der Waals surface area contributed by atoms with Crippen molar-refractivity contribution in [3.63, 3.8) is 0 Å². The van der Waals surface area contributed by atoms with Crippen LogP contribution in [-0.4, -0.2) is 23.6 Å². The van der Waals surface area contributed by atoms with Crippen molar-refractivity contribution in [1.82, 2.24) is 10.3 Å². The summed E-state index contributed by atoms with van der Waals surface area (Å²) in [4.78, 5) is 8.91. The summed E-state index contributed by atoms with van der Waals surface area (Å²) in [5, 5.41) is 4.78. The largest absolute Gasteiger partial charge is 0.346 e. The lowest BCUT2D eigenvalue weighted by atomic mass is 10.2. The highest BCUT2D eigenvalue weighted by Crippen LogP contribution is 2.44. The van der Waals surface area contributed by atoms with Gasteiger partial charge in [0.1, 0.15) is 0 Å².